The van der Waals surface area contributed by atoms with Crippen LogP contribution in [0.25, 0.3) is 0 Å². The van der Waals surface area contributed by atoms with Crippen molar-refractivity contribution >= 4 is 0 Å². The van der Waals surface area contributed by atoms with E-state index in [0.717, 1.165) is 0 Å². The third kappa shape index (κ3) is 2.06. The Hall–Kier alpha value is -0.200. The Balaban J connectivity index is 2.99. The van der Waals surface area contributed by atoms with Crippen LogP contribution < -0.4 is 0 Å². The monoisotopic (exact) mass is 95.0 g/mol. The molecule has 0 radical (unpaired) electrons. The van der Waals surface area contributed by atoms with Gasteiger partial charge in [0, 0.05) is 0 Å². The number of hydrogen-bond acceptors (Lipinski definition) is 5. The largest absolute Gasteiger partial charge is 0.353 e. The van der Waals surface area contributed by atoms with Crippen LogP contribution in [0.15, 0.2) is 0 Å². The zero-order chi connectivity index (χ0) is 5.15. The lowest BCUT2D eigenvalue weighted by Crippen LogP contribution is -2.27. The quantitative estimate of drug-likeness (QED) is 0.231. The number of hydroxylamine groups is 2. The van der Waals surface area contributed by atoms with Crippen molar-refractivity contribution in [3.63, 3.8) is 0 Å². The van der Waals surface area contributed by atoms with Gasteiger partial charge in [0.15, 0.2) is 0 Å². The second kappa shape index (κ2) is 2.06. The third-order valence-corrected chi connectivity index (χ3v) is 0.207. The first-order valence-electron chi connectivity index (χ1n) is 1.17. The molecule has 5 nitrogen and oxygen atoms in total. The van der Waals surface area contributed by atoms with Crippen LogP contribution in [-0.4, -0.2) is 32.3 Å². The summed E-state index contributed by atoms with van der Waals surface area (Å²) in [7, 11) is 0. The molecule has 0 saturated carbocycles. The molecule has 0 saturated heterocycles. The topological polar surface area (TPSA) is 84.2 Å². The molecule has 0 rings (SSSR count). The average molecular weight is 95.1 g/mol. The minimum atomic E-state index is -2.20. The maximum Gasteiger partial charge on any atom is 0.261 e. The molecule has 0 aromatic heterocycles. The summed E-state index contributed by atoms with van der Waals surface area (Å²) in [6, 6.07) is 0. The first-order valence-corrected chi connectivity index (χ1v) is 1.17. The van der Waals surface area contributed by atoms with Gasteiger partial charge in [0.1, 0.15) is 0 Å². The third-order valence-electron chi connectivity index (χ3n) is 0.207. The SMILES string of the molecule is OC(O)N(O)O. The number of nitrogens with zero attached hydrogens (tertiary/aromatic N) is 1. The predicted octanol–water partition coefficient (Wildman–Crippen LogP) is -1.67. The molecule has 0 heterocycles. The van der Waals surface area contributed by atoms with Crippen molar-refractivity contribution in [2.24, 2.45) is 0 Å². The van der Waals surface area contributed by atoms with E-state index in [0.29, 0.717) is 0 Å². The number of hydrogen-bond donors (Lipinski definition) is 4. The highest BCUT2D eigenvalue weighted by atomic mass is 16.8. The van der Waals surface area contributed by atoms with Crippen molar-refractivity contribution in [3.8, 4) is 0 Å². The highest BCUT2D eigenvalue weighted by Crippen LogP contribution is 1.73. The molecule has 0 aliphatic heterocycles. The molecule has 0 unspecified atom stereocenters. The smallest absolute Gasteiger partial charge is 0.261 e. The second-order valence-electron chi connectivity index (χ2n) is 0.667. The van der Waals surface area contributed by atoms with Crippen LogP contribution in [0.3, 0.4) is 0 Å². The van der Waals surface area contributed by atoms with Crippen LogP contribution in [0.5, 0.6) is 0 Å². The van der Waals surface area contributed by atoms with Gasteiger partial charge in [0.25, 0.3) is 6.41 Å². The van der Waals surface area contributed by atoms with Gasteiger partial charge in [-0.05, 0) is 5.23 Å². The number of aliphatic hydroxyl groups excluding tert-OH is 1. The summed E-state index contributed by atoms with van der Waals surface area (Å²) in [6.07, 6.45) is -2.20. The molecule has 0 aliphatic carbocycles. The van der Waals surface area contributed by atoms with Crippen molar-refractivity contribution in [2.45, 2.75) is 6.41 Å². The van der Waals surface area contributed by atoms with Gasteiger partial charge in [0.2, 0.25) is 0 Å². The Kier molecular flexibility index (Phi) is 1.99. The van der Waals surface area contributed by atoms with Crippen LogP contribution in [0.4, 0.5) is 0 Å². The predicted molar refractivity (Wildman–Crippen MR) is 13.6 cm³/mol. The maximum atomic E-state index is 7.61. The van der Waals surface area contributed by atoms with Crippen molar-refractivity contribution in [1.29, 1.82) is 0 Å². The summed E-state index contributed by atoms with van der Waals surface area (Å²) < 4.78 is 0. The Morgan fingerprint density at radius 2 is 1.33 bits per heavy atom. The van der Waals surface area contributed by atoms with Gasteiger partial charge < -0.3 is 10.2 Å². The lowest BCUT2D eigenvalue weighted by Gasteiger charge is -2.04. The Bertz CT molecular complexity index is 28.5. The minimum absolute atomic E-state index is 0.722. The summed E-state index contributed by atoms with van der Waals surface area (Å²) >= 11 is 0. The van der Waals surface area contributed by atoms with E-state index in [-0.39, 0.29) is 0 Å². The molecule has 0 aliphatic rings. The summed E-state index contributed by atoms with van der Waals surface area (Å²) in [5.74, 6) is 0. The van der Waals surface area contributed by atoms with Crippen LogP contribution in [0, 0.1) is 0 Å². The van der Waals surface area contributed by atoms with Crippen molar-refractivity contribution in [2.75, 3.05) is 0 Å². The fraction of sp³-hybridized carbons (Fsp3) is 1.00. The summed E-state index contributed by atoms with van der Waals surface area (Å²) in [4.78, 5) is 0. The van der Waals surface area contributed by atoms with Crippen LogP contribution >= 0.6 is 0 Å². The molecule has 4 N–H and O–H groups in total. The minimum Gasteiger partial charge on any atom is -0.353 e. The molecule has 38 valence electrons. The van der Waals surface area contributed by atoms with Crippen LogP contribution in [0.1, 0.15) is 0 Å². The Morgan fingerprint density at radius 3 is 1.33 bits per heavy atom. The molecular weight excluding hydrogens is 90.0 g/mol. The van der Waals surface area contributed by atoms with Gasteiger partial charge in [0.05, 0.1) is 0 Å². The van der Waals surface area contributed by atoms with E-state index >= 15 is 0 Å². The van der Waals surface area contributed by atoms with Crippen LogP contribution in [-0.2, 0) is 0 Å². The second-order valence-corrected chi connectivity index (χ2v) is 0.667. The molecule has 0 spiro atoms. The van der Waals surface area contributed by atoms with Gasteiger partial charge in [-0.3, -0.25) is 10.4 Å². The first kappa shape index (κ1) is 5.80. The molecule has 0 amide bonds. The van der Waals surface area contributed by atoms with Crippen molar-refractivity contribution in [1.82, 2.24) is 5.23 Å². The molecule has 0 bridgehead atoms. The standard InChI is InChI=1S/CH5NO4/c3-1(4)2(5)6/h1,3-6H. The van der Waals surface area contributed by atoms with Gasteiger partial charge >= 0.3 is 0 Å². The molecule has 0 aromatic rings. The number of rotatable bonds is 1. The highest BCUT2D eigenvalue weighted by molar-refractivity contribution is 4.01. The van der Waals surface area contributed by atoms with Gasteiger partial charge in [-0.15, -0.1) is 0 Å². The highest BCUT2D eigenvalue weighted by Gasteiger charge is 2.00. The fourth-order valence-corrected chi connectivity index (χ4v) is 0. The Morgan fingerprint density at radius 1 is 1.17 bits per heavy atom. The van der Waals surface area contributed by atoms with E-state index in [1.54, 1.807) is 0 Å². The van der Waals surface area contributed by atoms with Crippen LogP contribution in [0.2, 0.25) is 0 Å². The maximum absolute atomic E-state index is 7.61. The summed E-state index contributed by atoms with van der Waals surface area (Å²) in [6.45, 7) is 0. The van der Waals surface area contributed by atoms with Gasteiger partial charge in [-0.2, -0.15) is 0 Å². The van der Waals surface area contributed by atoms with E-state index in [4.69, 9.17) is 20.6 Å². The fourth-order valence-electron chi connectivity index (χ4n) is 0. The zero-order valence-electron chi connectivity index (χ0n) is 2.81. The van der Waals surface area contributed by atoms with Gasteiger partial charge in [-0.1, -0.05) is 0 Å². The van der Waals surface area contributed by atoms with E-state index in [1.807, 2.05) is 0 Å². The van der Waals surface area contributed by atoms with E-state index in [1.165, 1.54) is 0 Å². The van der Waals surface area contributed by atoms with Gasteiger partial charge in [-0.25, -0.2) is 0 Å². The molecule has 5 heteroatoms. The van der Waals surface area contributed by atoms with E-state index in [9.17, 15) is 0 Å². The summed E-state index contributed by atoms with van der Waals surface area (Å²) in [5, 5.41) is 29.5. The number of aliphatic hydroxyl groups is 2. The van der Waals surface area contributed by atoms with E-state index in [2.05, 4.69) is 0 Å². The normalized spacial score (nSPS) is 11.0. The molecule has 0 atom stereocenters. The first-order chi connectivity index (χ1) is 2.64. The van der Waals surface area contributed by atoms with Crippen molar-refractivity contribution in [3.05, 3.63) is 0 Å². The lowest BCUT2D eigenvalue weighted by atomic mass is 11.2. The molecular formula is CH5NO4. The van der Waals surface area contributed by atoms with Crippen molar-refractivity contribution < 1.29 is 20.6 Å². The summed E-state index contributed by atoms with van der Waals surface area (Å²) in [5.41, 5.74) is 0. The zero-order valence-corrected chi connectivity index (χ0v) is 2.81. The molecule has 6 heavy (non-hydrogen) atoms. The lowest BCUT2D eigenvalue weighted by molar-refractivity contribution is -0.418. The Labute approximate surface area is 33.6 Å². The average Bonchev–Trinajstić information content (AvgIpc) is 1.36. The molecule has 0 aromatic carbocycles. The van der Waals surface area contributed by atoms with E-state index < -0.39 is 11.6 Å². The molecule has 0 fully saturated rings.